The summed E-state index contributed by atoms with van der Waals surface area (Å²) in [5.74, 6) is -0.775. The van der Waals surface area contributed by atoms with Crippen LogP contribution in [0.5, 0.6) is 0 Å². The summed E-state index contributed by atoms with van der Waals surface area (Å²) >= 11 is 0. The number of rotatable bonds is 6. The van der Waals surface area contributed by atoms with Crippen molar-refractivity contribution in [3.8, 4) is 0 Å². The highest BCUT2D eigenvalue weighted by Gasteiger charge is 2.20. The summed E-state index contributed by atoms with van der Waals surface area (Å²) in [5.41, 5.74) is 2.51. The third kappa shape index (κ3) is 3.56. The van der Waals surface area contributed by atoms with E-state index in [0.717, 1.165) is 19.4 Å². The summed E-state index contributed by atoms with van der Waals surface area (Å²) in [7, 11) is 0. The van der Waals surface area contributed by atoms with E-state index in [-0.39, 0.29) is 6.04 Å². The Morgan fingerprint density at radius 1 is 1.47 bits per heavy atom. The maximum absolute atomic E-state index is 11.2. The number of carbonyl (C=O) groups is 1. The summed E-state index contributed by atoms with van der Waals surface area (Å²) < 4.78 is 2.13. The molecule has 0 amide bonds. The number of nitrogens with one attached hydrogen (secondary N) is 1. The van der Waals surface area contributed by atoms with E-state index in [1.165, 1.54) is 24.2 Å². The quantitative estimate of drug-likeness (QED) is 0.820. The molecular formula is C14H23N3O2. The first-order chi connectivity index (χ1) is 9.08. The van der Waals surface area contributed by atoms with Crippen LogP contribution in [0, 0.1) is 0 Å². The standard InChI is InChI=1S/C14H23N3O2/c1-10(2)16-12(14(18)19)7-8-17-9-15-11-5-3-4-6-13(11)17/h9-10,12,16H,3-8H2,1-2H3,(H,18,19). The zero-order chi connectivity index (χ0) is 13.8. The van der Waals surface area contributed by atoms with E-state index in [4.69, 9.17) is 0 Å². The number of carboxylic acids is 1. The molecule has 0 aliphatic heterocycles. The Balaban J connectivity index is 1.97. The highest BCUT2D eigenvalue weighted by molar-refractivity contribution is 5.73. The van der Waals surface area contributed by atoms with E-state index < -0.39 is 12.0 Å². The Morgan fingerprint density at radius 2 is 2.21 bits per heavy atom. The molecule has 1 aliphatic rings. The van der Waals surface area contributed by atoms with Gasteiger partial charge in [0.1, 0.15) is 6.04 Å². The first-order valence-corrected chi connectivity index (χ1v) is 7.09. The Kier molecular flexibility index (Phi) is 4.58. The molecule has 1 aromatic rings. The molecular weight excluding hydrogens is 242 g/mol. The average molecular weight is 265 g/mol. The van der Waals surface area contributed by atoms with Crippen LogP contribution in [-0.4, -0.2) is 32.7 Å². The van der Waals surface area contributed by atoms with Crippen LogP contribution >= 0.6 is 0 Å². The zero-order valence-corrected chi connectivity index (χ0v) is 11.7. The van der Waals surface area contributed by atoms with Gasteiger partial charge in [0.25, 0.3) is 0 Å². The van der Waals surface area contributed by atoms with Gasteiger partial charge in [0.2, 0.25) is 0 Å². The van der Waals surface area contributed by atoms with E-state index in [1.54, 1.807) is 0 Å². The molecule has 0 saturated heterocycles. The fourth-order valence-electron chi connectivity index (χ4n) is 2.67. The van der Waals surface area contributed by atoms with Crippen molar-refractivity contribution in [3.63, 3.8) is 0 Å². The molecule has 2 N–H and O–H groups in total. The molecule has 0 spiro atoms. The second kappa shape index (κ2) is 6.19. The highest BCUT2D eigenvalue weighted by atomic mass is 16.4. The predicted octanol–water partition coefficient (Wildman–Crippen LogP) is 1.60. The summed E-state index contributed by atoms with van der Waals surface area (Å²) in [6, 6.07) is -0.306. The lowest BCUT2D eigenvalue weighted by Gasteiger charge is -2.19. The van der Waals surface area contributed by atoms with Crippen LogP contribution in [-0.2, 0) is 24.2 Å². The van der Waals surface area contributed by atoms with Crippen LogP contribution in [0.1, 0.15) is 44.5 Å². The van der Waals surface area contributed by atoms with Gasteiger partial charge in [-0.1, -0.05) is 13.8 Å². The minimum absolute atomic E-state index is 0.179. The van der Waals surface area contributed by atoms with Crippen molar-refractivity contribution in [1.29, 1.82) is 0 Å². The van der Waals surface area contributed by atoms with Gasteiger partial charge in [0, 0.05) is 18.3 Å². The van der Waals surface area contributed by atoms with Crippen molar-refractivity contribution < 1.29 is 9.90 Å². The largest absolute Gasteiger partial charge is 0.480 e. The fraction of sp³-hybridized carbons (Fsp3) is 0.714. The van der Waals surface area contributed by atoms with Gasteiger partial charge in [0.15, 0.2) is 0 Å². The van der Waals surface area contributed by atoms with Crippen molar-refractivity contribution in [2.24, 2.45) is 0 Å². The molecule has 0 saturated carbocycles. The maximum atomic E-state index is 11.2. The van der Waals surface area contributed by atoms with E-state index >= 15 is 0 Å². The Morgan fingerprint density at radius 3 is 2.89 bits per heavy atom. The van der Waals surface area contributed by atoms with E-state index in [2.05, 4.69) is 14.9 Å². The summed E-state index contributed by atoms with van der Waals surface area (Å²) in [5, 5.41) is 12.3. The van der Waals surface area contributed by atoms with Crippen LogP contribution in [0.3, 0.4) is 0 Å². The van der Waals surface area contributed by atoms with Crippen molar-refractivity contribution in [1.82, 2.24) is 14.9 Å². The molecule has 1 unspecified atom stereocenters. The highest BCUT2D eigenvalue weighted by Crippen LogP contribution is 2.20. The lowest BCUT2D eigenvalue weighted by atomic mass is 10.0. The van der Waals surface area contributed by atoms with E-state index in [9.17, 15) is 9.90 Å². The molecule has 1 aromatic heterocycles. The lowest BCUT2D eigenvalue weighted by Crippen LogP contribution is -2.41. The number of nitrogens with zero attached hydrogens (tertiary/aromatic N) is 2. The van der Waals surface area contributed by atoms with Crippen molar-refractivity contribution >= 4 is 5.97 Å². The minimum atomic E-state index is -0.775. The summed E-state index contributed by atoms with van der Waals surface area (Å²) in [4.78, 5) is 15.6. The number of aliphatic carboxylic acids is 1. The van der Waals surface area contributed by atoms with Crippen LogP contribution in [0.25, 0.3) is 0 Å². The van der Waals surface area contributed by atoms with Crippen LogP contribution in [0.4, 0.5) is 0 Å². The van der Waals surface area contributed by atoms with E-state index in [1.807, 2.05) is 20.2 Å². The molecule has 0 bridgehead atoms. The van der Waals surface area contributed by atoms with Crippen LogP contribution in [0.2, 0.25) is 0 Å². The van der Waals surface area contributed by atoms with Crippen molar-refractivity contribution in [2.45, 2.75) is 64.6 Å². The first-order valence-electron chi connectivity index (χ1n) is 7.09. The molecule has 2 rings (SSSR count). The number of hydrogen-bond donors (Lipinski definition) is 2. The molecule has 1 aliphatic carbocycles. The second-order valence-electron chi connectivity index (χ2n) is 5.54. The van der Waals surface area contributed by atoms with Crippen molar-refractivity contribution in [2.75, 3.05) is 0 Å². The molecule has 0 radical (unpaired) electrons. The van der Waals surface area contributed by atoms with Gasteiger partial charge in [-0.2, -0.15) is 0 Å². The Labute approximate surface area is 114 Å². The van der Waals surface area contributed by atoms with Crippen molar-refractivity contribution in [3.05, 3.63) is 17.7 Å². The Hall–Kier alpha value is -1.36. The smallest absolute Gasteiger partial charge is 0.320 e. The summed E-state index contributed by atoms with van der Waals surface area (Å²) in [6.45, 7) is 4.66. The third-order valence-corrected chi connectivity index (χ3v) is 3.60. The topological polar surface area (TPSA) is 67.2 Å². The number of aromatic nitrogens is 2. The van der Waals surface area contributed by atoms with Gasteiger partial charge >= 0.3 is 5.97 Å². The maximum Gasteiger partial charge on any atom is 0.320 e. The lowest BCUT2D eigenvalue weighted by molar-refractivity contribution is -0.139. The minimum Gasteiger partial charge on any atom is -0.480 e. The van der Waals surface area contributed by atoms with Gasteiger partial charge in [-0.05, 0) is 32.1 Å². The summed E-state index contributed by atoms with van der Waals surface area (Å²) in [6.07, 6.45) is 7.03. The number of fused-ring (bicyclic) bond motifs is 1. The molecule has 1 atom stereocenters. The second-order valence-corrected chi connectivity index (χ2v) is 5.54. The van der Waals surface area contributed by atoms with Gasteiger partial charge < -0.3 is 15.0 Å². The fourth-order valence-corrected chi connectivity index (χ4v) is 2.67. The molecule has 0 aromatic carbocycles. The molecule has 5 heteroatoms. The molecule has 106 valence electrons. The molecule has 5 nitrogen and oxygen atoms in total. The van der Waals surface area contributed by atoms with Crippen LogP contribution < -0.4 is 5.32 Å². The average Bonchev–Trinajstić information content (AvgIpc) is 2.77. The molecule has 1 heterocycles. The SMILES string of the molecule is CC(C)NC(CCn1cnc2c1CCCC2)C(=O)O. The first kappa shape index (κ1) is 14.1. The van der Waals surface area contributed by atoms with Gasteiger partial charge in [-0.3, -0.25) is 4.79 Å². The van der Waals surface area contributed by atoms with Crippen LogP contribution in [0.15, 0.2) is 6.33 Å². The predicted molar refractivity (Wildman–Crippen MR) is 73.2 cm³/mol. The number of aryl methyl sites for hydroxylation is 2. The third-order valence-electron chi connectivity index (χ3n) is 3.60. The molecule has 0 fully saturated rings. The number of carboxylic acid groups (broad SMARTS) is 1. The molecule has 19 heavy (non-hydrogen) atoms. The normalized spacial score (nSPS) is 16.4. The van der Waals surface area contributed by atoms with E-state index in [0.29, 0.717) is 6.42 Å². The van der Waals surface area contributed by atoms with Gasteiger partial charge in [0.05, 0.1) is 12.0 Å². The van der Waals surface area contributed by atoms with Gasteiger partial charge in [-0.15, -0.1) is 0 Å². The Bertz CT molecular complexity index is 440. The zero-order valence-electron chi connectivity index (χ0n) is 11.7. The van der Waals surface area contributed by atoms with Gasteiger partial charge in [-0.25, -0.2) is 4.98 Å². The number of imidazole rings is 1. The monoisotopic (exact) mass is 265 g/mol. The number of hydrogen-bond acceptors (Lipinski definition) is 3.